The fourth-order valence-electron chi connectivity index (χ4n) is 4.96. The molecule has 1 unspecified atom stereocenters. The zero-order chi connectivity index (χ0) is 10.3. The minimum atomic E-state index is 0.752. The molecule has 4 aliphatic rings. The van der Waals surface area contributed by atoms with E-state index < -0.39 is 0 Å². The molecule has 0 heteroatoms. The van der Waals surface area contributed by atoms with Crippen molar-refractivity contribution in [1.82, 2.24) is 0 Å². The maximum atomic E-state index is 2.62. The first-order valence-electron chi connectivity index (χ1n) is 7.28. The molecule has 0 nitrogen and oxygen atoms in total. The summed E-state index contributed by atoms with van der Waals surface area (Å²) in [6, 6.07) is 0. The molecule has 86 valence electrons. The van der Waals surface area contributed by atoms with Crippen molar-refractivity contribution in [1.29, 1.82) is 0 Å². The second kappa shape index (κ2) is 3.79. The lowest BCUT2D eigenvalue weighted by molar-refractivity contribution is -0.0147. The topological polar surface area (TPSA) is 0 Å². The van der Waals surface area contributed by atoms with E-state index >= 15 is 0 Å². The van der Waals surface area contributed by atoms with Crippen LogP contribution >= 0.6 is 0 Å². The van der Waals surface area contributed by atoms with Crippen LogP contribution in [0.25, 0.3) is 0 Å². The summed E-state index contributed by atoms with van der Waals surface area (Å²) < 4.78 is 0. The normalized spacial score (nSPS) is 44.2. The second-order valence-electron chi connectivity index (χ2n) is 6.84. The Morgan fingerprint density at radius 1 is 0.867 bits per heavy atom. The second-order valence-corrected chi connectivity index (χ2v) is 6.84. The van der Waals surface area contributed by atoms with E-state index in [0.717, 1.165) is 23.2 Å². The van der Waals surface area contributed by atoms with Crippen LogP contribution in [0.5, 0.6) is 0 Å². The van der Waals surface area contributed by atoms with Crippen LogP contribution in [-0.4, -0.2) is 0 Å². The standard InChI is InChI=1S/C15H26/c1-15(9-3-2-4-10-15)14-11-12-5-7-13(14)8-6-12/h12-14H,2-11H2,1H3. The highest BCUT2D eigenvalue weighted by Gasteiger charge is 2.45. The highest BCUT2D eigenvalue weighted by atomic mass is 14.5. The average Bonchev–Trinajstić information content (AvgIpc) is 2.31. The average molecular weight is 206 g/mol. The van der Waals surface area contributed by atoms with E-state index in [9.17, 15) is 0 Å². The fraction of sp³-hybridized carbons (Fsp3) is 1.00. The molecular weight excluding hydrogens is 180 g/mol. The summed E-state index contributed by atoms with van der Waals surface area (Å²) in [5.41, 5.74) is 0.752. The summed E-state index contributed by atoms with van der Waals surface area (Å²) >= 11 is 0. The van der Waals surface area contributed by atoms with E-state index in [0.29, 0.717) is 0 Å². The predicted octanol–water partition coefficient (Wildman–Crippen LogP) is 4.78. The van der Waals surface area contributed by atoms with Gasteiger partial charge in [-0.25, -0.2) is 0 Å². The monoisotopic (exact) mass is 206 g/mol. The molecule has 4 fully saturated rings. The van der Waals surface area contributed by atoms with Gasteiger partial charge >= 0.3 is 0 Å². The van der Waals surface area contributed by atoms with E-state index in [1.165, 1.54) is 19.3 Å². The molecule has 0 heterocycles. The predicted molar refractivity (Wildman–Crippen MR) is 64.7 cm³/mol. The van der Waals surface area contributed by atoms with Crippen LogP contribution in [-0.2, 0) is 0 Å². The molecule has 1 atom stereocenters. The van der Waals surface area contributed by atoms with Gasteiger partial charge in [-0.3, -0.25) is 0 Å². The van der Waals surface area contributed by atoms with Gasteiger partial charge in [-0.1, -0.05) is 39.0 Å². The molecule has 0 aromatic carbocycles. The number of rotatable bonds is 1. The first-order chi connectivity index (χ1) is 7.28. The zero-order valence-corrected chi connectivity index (χ0v) is 10.3. The van der Waals surface area contributed by atoms with E-state index in [2.05, 4.69) is 6.92 Å². The Kier molecular flexibility index (Phi) is 2.57. The van der Waals surface area contributed by atoms with Gasteiger partial charge in [-0.05, 0) is 55.3 Å². The number of fused-ring (bicyclic) bond motifs is 3. The van der Waals surface area contributed by atoms with Gasteiger partial charge in [0, 0.05) is 0 Å². The van der Waals surface area contributed by atoms with Gasteiger partial charge in [0.1, 0.15) is 0 Å². The largest absolute Gasteiger partial charge is 0.0594 e. The Balaban J connectivity index is 1.75. The van der Waals surface area contributed by atoms with Gasteiger partial charge < -0.3 is 0 Å². The van der Waals surface area contributed by atoms with Crippen LogP contribution in [0.15, 0.2) is 0 Å². The maximum absolute atomic E-state index is 2.62. The molecular formula is C15H26. The van der Waals surface area contributed by atoms with Gasteiger partial charge in [0.15, 0.2) is 0 Å². The Hall–Kier alpha value is 0. The lowest BCUT2D eigenvalue weighted by Gasteiger charge is -2.52. The van der Waals surface area contributed by atoms with Crippen molar-refractivity contribution in [3.05, 3.63) is 0 Å². The molecule has 0 aromatic rings. The van der Waals surface area contributed by atoms with Crippen molar-refractivity contribution < 1.29 is 0 Å². The Bertz CT molecular complexity index is 216. The Labute approximate surface area is 94.8 Å². The molecule has 0 N–H and O–H groups in total. The molecule has 0 aromatic heterocycles. The van der Waals surface area contributed by atoms with Crippen molar-refractivity contribution >= 4 is 0 Å². The molecule has 15 heavy (non-hydrogen) atoms. The van der Waals surface area contributed by atoms with Gasteiger partial charge in [0.05, 0.1) is 0 Å². The molecule has 0 aliphatic heterocycles. The summed E-state index contributed by atoms with van der Waals surface area (Å²) in [5.74, 6) is 3.36. The van der Waals surface area contributed by atoms with Crippen molar-refractivity contribution in [3.63, 3.8) is 0 Å². The van der Waals surface area contributed by atoms with E-state index in [1.54, 1.807) is 44.9 Å². The summed E-state index contributed by atoms with van der Waals surface area (Å²) in [4.78, 5) is 0. The molecule has 0 radical (unpaired) electrons. The SMILES string of the molecule is CC1(C2CC3CCC2CC3)CCCCC1. The van der Waals surface area contributed by atoms with E-state index in [1.807, 2.05) is 0 Å². The van der Waals surface area contributed by atoms with Gasteiger partial charge in [0.2, 0.25) is 0 Å². The van der Waals surface area contributed by atoms with Crippen LogP contribution in [0.1, 0.15) is 71.1 Å². The molecule has 0 saturated heterocycles. The van der Waals surface area contributed by atoms with Crippen molar-refractivity contribution in [2.75, 3.05) is 0 Å². The van der Waals surface area contributed by atoms with Crippen molar-refractivity contribution in [2.24, 2.45) is 23.2 Å². The molecule has 0 amide bonds. The molecule has 4 aliphatic carbocycles. The highest BCUT2D eigenvalue weighted by Crippen LogP contribution is 2.56. The van der Waals surface area contributed by atoms with Crippen LogP contribution in [0.4, 0.5) is 0 Å². The van der Waals surface area contributed by atoms with Crippen LogP contribution in [0.3, 0.4) is 0 Å². The third kappa shape index (κ3) is 1.74. The van der Waals surface area contributed by atoms with Crippen LogP contribution in [0, 0.1) is 23.2 Å². The van der Waals surface area contributed by atoms with Crippen LogP contribution in [0.2, 0.25) is 0 Å². The van der Waals surface area contributed by atoms with Gasteiger partial charge in [0.25, 0.3) is 0 Å². The third-order valence-electron chi connectivity index (χ3n) is 5.94. The van der Waals surface area contributed by atoms with Crippen LogP contribution < -0.4 is 0 Å². The molecule has 2 bridgehead atoms. The van der Waals surface area contributed by atoms with Crippen molar-refractivity contribution in [3.8, 4) is 0 Å². The van der Waals surface area contributed by atoms with Gasteiger partial charge in [-0.15, -0.1) is 0 Å². The van der Waals surface area contributed by atoms with Crippen molar-refractivity contribution in [2.45, 2.75) is 71.1 Å². The minimum Gasteiger partial charge on any atom is -0.0594 e. The number of hydrogen-bond donors (Lipinski definition) is 0. The first kappa shape index (κ1) is 10.2. The fourth-order valence-corrected chi connectivity index (χ4v) is 4.96. The highest BCUT2D eigenvalue weighted by molar-refractivity contribution is 4.95. The quantitative estimate of drug-likeness (QED) is 0.579. The summed E-state index contributed by atoms with van der Waals surface area (Å²) in [6.45, 7) is 2.62. The Morgan fingerprint density at radius 3 is 2.07 bits per heavy atom. The molecule has 4 saturated carbocycles. The van der Waals surface area contributed by atoms with Gasteiger partial charge in [-0.2, -0.15) is 0 Å². The Morgan fingerprint density at radius 2 is 1.53 bits per heavy atom. The summed E-state index contributed by atoms with van der Waals surface area (Å²) in [6.07, 6.45) is 15.5. The van der Waals surface area contributed by atoms with E-state index in [4.69, 9.17) is 0 Å². The first-order valence-corrected chi connectivity index (χ1v) is 7.28. The third-order valence-corrected chi connectivity index (χ3v) is 5.94. The minimum absolute atomic E-state index is 0.752. The van der Waals surface area contributed by atoms with E-state index in [-0.39, 0.29) is 0 Å². The molecule has 4 rings (SSSR count). The number of hydrogen-bond acceptors (Lipinski definition) is 0. The summed E-state index contributed by atoms with van der Waals surface area (Å²) in [5, 5.41) is 0. The lowest BCUT2D eigenvalue weighted by Crippen LogP contribution is -2.42. The maximum Gasteiger partial charge on any atom is -0.0295 e. The lowest BCUT2D eigenvalue weighted by atomic mass is 9.53. The summed E-state index contributed by atoms with van der Waals surface area (Å²) in [7, 11) is 0. The smallest absolute Gasteiger partial charge is 0.0295 e. The zero-order valence-electron chi connectivity index (χ0n) is 10.3. The molecule has 0 spiro atoms.